The SMILES string of the molecule is Cc1c(F)cc(N)c(N(N)c2ccc(N3CCC(C)(Cc4ccccc4)CC3)cc2)c1F. The fourth-order valence-electron chi connectivity index (χ4n) is 4.49. The zero-order valence-electron chi connectivity index (χ0n) is 18.6. The molecule has 0 saturated carbocycles. The highest BCUT2D eigenvalue weighted by Gasteiger charge is 2.30. The van der Waals surface area contributed by atoms with Crippen LogP contribution < -0.4 is 21.5 Å². The van der Waals surface area contributed by atoms with E-state index in [4.69, 9.17) is 11.6 Å². The first-order chi connectivity index (χ1) is 15.3. The lowest BCUT2D eigenvalue weighted by atomic mass is 9.75. The third-order valence-electron chi connectivity index (χ3n) is 6.63. The van der Waals surface area contributed by atoms with Gasteiger partial charge in [0.05, 0.1) is 11.4 Å². The quantitative estimate of drug-likeness (QED) is 0.305. The van der Waals surface area contributed by atoms with E-state index in [1.807, 2.05) is 24.3 Å². The van der Waals surface area contributed by atoms with Gasteiger partial charge in [-0.15, -0.1) is 0 Å². The summed E-state index contributed by atoms with van der Waals surface area (Å²) in [4.78, 5) is 2.37. The van der Waals surface area contributed by atoms with Crippen molar-refractivity contribution in [3.63, 3.8) is 0 Å². The van der Waals surface area contributed by atoms with Crippen LogP contribution in [-0.4, -0.2) is 13.1 Å². The van der Waals surface area contributed by atoms with Crippen LogP contribution in [0.2, 0.25) is 0 Å². The van der Waals surface area contributed by atoms with Crippen molar-refractivity contribution in [2.45, 2.75) is 33.1 Å². The van der Waals surface area contributed by atoms with Crippen molar-refractivity contribution in [3.8, 4) is 0 Å². The number of piperidine rings is 1. The van der Waals surface area contributed by atoms with Crippen molar-refractivity contribution in [3.05, 3.63) is 83.4 Å². The van der Waals surface area contributed by atoms with Crippen molar-refractivity contribution in [2.24, 2.45) is 11.3 Å². The van der Waals surface area contributed by atoms with Gasteiger partial charge in [0, 0.05) is 24.3 Å². The van der Waals surface area contributed by atoms with Crippen LogP contribution in [0.25, 0.3) is 0 Å². The van der Waals surface area contributed by atoms with Crippen LogP contribution in [-0.2, 0) is 6.42 Å². The fourth-order valence-corrected chi connectivity index (χ4v) is 4.49. The number of hydrogen-bond acceptors (Lipinski definition) is 4. The minimum atomic E-state index is -0.747. The molecule has 3 aromatic carbocycles. The third-order valence-corrected chi connectivity index (χ3v) is 6.63. The molecular weight excluding hydrogens is 406 g/mol. The lowest BCUT2D eigenvalue weighted by molar-refractivity contribution is 0.246. The molecule has 0 spiro atoms. The molecule has 0 atom stereocenters. The van der Waals surface area contributed by atoms with E-state index in [2.05, 4.69) is 42.2 Å². The molecule has 0 amide bonds. The summed E-state index contributed by atoms with van der Waals surface area (Å²) in [5.41, 5.74) is 9.05. The largest absolute Gasteiger partial charge is 0.397 e. The average molecular weight is 437 g/mol. The van der Waals surface area contributed by atoms with E-state index in [-0.39, 0.29) is 16.9 Å². The van der Waals surface area contributed by atoms with E-state index in [9.17, 15) is 8.78 Å². The van der Waals surface area contributed by atoms with Crippen LogP contribution >= 0.6 is 0 Å². The minimum Gasteiger partial charge on any atom is -0.397 e. The predicted octanol–water partition coefficient (Wildman–Crippen LogP) is 5.72. The van der Waals surface area contributed by atoms with Crippen LogP contribution in [0, 0.1) is 24.0 Å². The Morgan fingerprint density at radius 3 is 2.25 bits per heavy atom. The Hall–Kier alpha value is -3.12. The van der Waals surface area contributed by atoms with E-state index in [0.29, 0.717) is 11.1 Å². The van der Waals surface area contributed by atoms with Crippen LogP contribution in [0.4, 0.5) is 31.5 Å². The molecule has 6 heteroatoms. The molecule has 0 aliphatic carbocycles. The first-order valence-corrected chi connectivity index (χ1v) is 11.0. The summed E-state index contributed by atoms with van der Waals surface area (Å²) in [5, 5.41) is 1.17. The van der Waals surface area contributed by atoms with Crippen molar-refractivity contribution in [1.82, 2.24) is 0 Å². The van der Waals surface area contributed by atoms with E-state index in [1.165, 1.54) is 17.5 Å². The molecule has 0 unspecified atom stereocenters. The van der Waals surface area contributed by atoms with Gasteiger partial charge < -0.3 is 10.6 Å². The van der Waals surface area contributed by atoms with Crippen LogP contribution in [0.15, 0.2) is 60.7 Å². The topological polar surface area (TPSA) is 58.5 Å². The van der Waals surface area contributed by atoms with Crippen molar-refractivity contribution in [2.75, 3.05) is 28.7 Å². The molecule has 32 heavy (non-hydrogen) atoms. The molecule has 4 rings (SSSR count). The van der Waals surface area contributed by atoms with Gasteiger partial charge in [-0.1, -0.05) is 37.3 Å². The molecular formula is C26H30F2N4. The van der Waals surface area contributed by atoms with Crippen molar-refractivity contribution >= 4 is 22.7 Å². The Morgan fingerprint density at radius 2 is 1.62 bits per heavy atom. The van der Waals surface area contributed by atoms with Gasteiger partial charge in [0.15, 0.2) is 5.82 Å². The number of benzene rings is 3. The highest BCUT2D eigenvalue weighted by Crippen LogP contribution is 2.37. The highest BCUT2D eigenvalue weighted by molar-refractivity contribution is 5.76. The van der Waals surface area contributed by atoms with Gasteiger partial charge >= 0.3 is 0 Å². The Labute approximate surface area is 188 Å². The lowest BCUT2D eigenvalue weighted by Gasteiger charge is -2.41. The molecule has 168 valence electrons. The van der Waals surface area contributed by atoms with Crippen LogP contribution in [0.3, 0.4) is 0 Å². The molecule has 4 N–H and O–H groups in total. The molecule has 1 aliphatic rings. The maximum absolute atomic E-state index is 14.6. The Morgan fingerprint density at radius 1 is 1.00 bits per heavy atom. The van der Waals surface area contributed by atoms with Gasteiger partial charge in [0.2, 0.25) is 0 Å². The number of anilines is 4. The number of hydrazine groups is 1. The van der Waals surface area contributed by atoms with Gasteiger partial charge in [0.25, 0.3) is 0 Å². The third kappa shape index (κ3) is 4.41. The van der Waals surface area contributed by atoms with E-state index >= 15 is 0 Å². The lowest BCUT2D eigenvalue weighted by Crippen LogP contribution is -2.39. The molecule has 0 radical (unpaired) electrons. The molecule has 1 aliphatic heterocycles. The summed E-state index contributed by atoms with van der Waals surface area (Å²) in [6, 6.07) is 19.4. The molecule has 0 bridgehead atoms. The van der Waals surface area contributed by atoms with Crippen molar-refractivity contribution in [1.29, 1.82) is 0 Å². The molecule has 1 heterocycles. The Balaban J connectivity index is 1.44. The number of halogens is 2. The second kappa shape index (κ2) is 8.79. The standard InChI is InChI=1S/C26H30F2N4/c1-18-22(27)16-23(29)25(24(18)28)32(30)21-10-8-20(9-11-21)31-14-12-26(2,13-15-31)17-19-6-4-3-5-7-19/h3-11,16H,12-15,17,29-30H2,1-2H3. The molecule has 1 fully saturated rings. The maximum atomic E-state index is 14.6. The minimum absolute atomic E-state index is 0.0219. The van der Waals surface area contributed by atoms with Gasteiger partial charge in [-0.3, -0.25) is 5.01 Å². The van der Waals surface area contributed by atoms with Crippen LogP contribution in [0.5, 0.6) is 0 Å². The number of nitrogen functional groups attached to an aromatic ring is 1. The molecule has 3 aromatic rings. The summed E-state index contributed by atoms with van der Waals surface area (Å²) >= 11 is 0. The summed E-state index contributed by atoms with van der Waals surface area (Å²) in [7, 11) is 0. The first kappa shape index (κ1) is 22.1. The zero-order valence-corrected chi connectivity index (χ0v) is 18.6. The summed E-state index contributed by atoms with van der Waals surface area (Å²) in [5.74, 6) is 4.72. The average Bonchev–Trinajstić information content (AvgIpc) is 2.78. The maximum Gasteiger partial charge on any atom is 0.156 e. The summed E-state index contributed by atoms with van der Waals surface area (Å²) in [6.45, 7) is 5.70. The molecule has 0 aromatic heterocycles. The molecule has 4 nitrogen and oxygen atoms in total. The summed E-state index contributed by atoms with van der Waals surface area (Å²) in [6.07, 6.45) is 3.32. The summed E-state index contributed by atoms with van der Waals surface area (Å²) < 4.78 is 28.3. The second-order valence-electron chi connectivity index (χ2n) is 9.08. The normalized spacial score (nSPS) is 15.6. The fraction of sp³-hybridized carbons (Fsp3) is 0.308. The highest BCUT2D eigenvalue weighted by atomic mass is 19.1. The number of nitrogens with zero attached hydrogens (tertiary/aromatic N) is 2. The zero-order chi connectivity index (χ0) is 22.9. The monoisotopic (exact) mass is 436 g/mol. The van der Waals surface area contributed by atoms with Gasteiger partial charge in [-0.2, -0.15) is 0 Å². The van der Waals surface area contributed by atoms with Crippen molar-refractivity contribution < 1.29 is 8.78 Å². The smallest absolute Gasteiger partial charge is 0.156 e. The molecule has 1 saturated heterocycles. The van der Waals surface area contributed by atoms with E-state index in [0.717, 1.165) is 44.1 Å². The Bertz CT molecular complexity index is 1080. The Kier molecular flexibility index (Phi) is 6.07. The second-order valence-corrected chi connectivity index (χ2v) is 9.08. The number of rotatable bonds is 5. The number of hydrogen-bond donors (Lipinski definition) is 2. The van der Waals surface area contributed by atoms with Gasteiger partial charge in [0.1, 0.15) is 11.5 Å². The number of nitrogens with two attached hydrogens (primary N) is 2. The van der Waals surface area contributed by atoms with E-state index < -0.39 is 11.6 Å². The van der Waals surface area contributed by atoms with Crippen LogP contribution in [0.1, 0.15) is 30.9 Å². The van der Waals surface area contributed by atoms with Gasteiger partial charge in [-0.05, 0) is 67.5 Å². The first-order valence-electron chi connectivity index (χ1n) is 11.0. The predicted molar refractivity (Wildman–Crippen MR) is 128 cm³/mol. The van der Waals surface area contributed by atoms with Gasteiger partial charge in [-0.25, -0.2) is 14.6 Å². The van der Waals surface area contributed by atoms with E-state index in [1.54, 1.807) is 0 Å².